The van der Waals surface area contributed by atoms with Gasteiger partial charge in [0.2, 0.25) is 5.91 Å². The number of thiazole rings is 1. The molecule has 2 aromatic carbocycles. The molecule has 1 amide bonds. The highest BCUT2D eigenvalue weighted by Gasteiger charge is 2.11. The van der Waals surface area contributed by atoms with Crippen LogP contribution in [0.3, 0.4) is 0 Å². The molecule has 0 saturated carbocycles. The van der Waals surface area contributed by atoms with Crippen molar-refractivity contribution in [3.63, 3.8) is 0 Å². The summed E-state index contributed by atoms with van der Waals surface area (Å²) in [7, 11) is 0. The zero-order valence-electron chi connectivity index (χ0n) is 13.3. The van der Waals surface area contributed by atoms with Gasteiger partial charge in [0.25, 0.3) is 0 Å². The van der Waals surface area contributed by atoms with E-state index in [1.54, 1.807) is 12.1 Å². The molecule has 25 heavy (non-hydrogen) atoms. The number of aromatic nitrogens is 1. The Bertz CT molecular complexity index is 912. The smallest absolute Gasteiger partial charge is 0.236 e. The topological polar surface area (TPSA) is 42.0 Å². The van der Waals surface area contributed by atoms with E-state index in [9.17, 15) is 4.79 Å². The van der Waals surface area contributed by atoms with Crippen molar-refractivity contribution in [2.45, 2.75) is 11.8 Å². The van der Waals surface area contributed by atoms with E-state index in [2.05, 4.69) is 10.3 Å². The molecule has 128 valence electrons. The SMILES string of the molecule is Cc1ccccc1SCC(=O)Nc1nc(-c2ccc(Cl)cc2Cl)cs1. The van der Waals surface area contributed by atoms with Gasteiger partial charge in [0.15, 0.2) is 5.13 Å². The van der Waals surface area contributed by atoms with Crippen LogP contribution in [0.25, 0.3) is 11.3 Å². The number of carbonyl (C=O) groups is 1. The molecule has 0 atom stereocenters. The van der Waals surface area contributed by atoms with Crippen molar-refractivity contribution in [3.05, 3.63) is 63.5 Å². The van der Waals surface area contributed by atoms with Crippen LogP contribution in [0.5, 0.6) is 0 Å². The summed E-state index contributed by atoms with van der Waals surface area (Å²) in [5.41, 5.74) is 2.67. The first-order valence-corrected chi connectivity index (χ1v) is 10.0. The number of benzene rings is 2. The molecule has 1 aromatic heterocycles. The molecule has 0 aliphatic carbocycles. The summed E-state index contributed by atoms with van der Waals surface area (Å²) in [6.07, 6.45) is 0. The van der Waals surface area contributed by atoms with E-state index < -0.39 is 0 Å². The first-order chi connectivity index (χ1) is 12.0. The van der Waals surface area contributed by atoms with Crippen LogP contribution in [0, 0.1) is 6.92 Å². The summed E-state index contributed by atoms with van der Waals surface area (Å²) < 4.78 is 0. The quantitative estimate of drug-likeness (QED) is 0.514. The molecule has 0 bridgehead atoms. The van der Waals surface area contributed by atoms with Crippen LogP contribution in [-0.2, 0) is 4.79 Å². The summed E-state index contributed by atoms with van der Waals surface area (Å²) in [6.45, 7) is 2.03. The summed E-state index contributed by atoms with van der Waals surface area (Å²) >= 11 is 15.0. The van der Waals surface area contributed by atoms with Crippen molar-refractivity contribution < 1.29 is 4.79 Å². The van der Waals surface area contributed by atoms with E-state index >= 15 is 0 Å². The average Bonchev–Trinajstić information content (AvgIpc) is 3.02. The van der Waals surface area contributed by atoms with Gasteiger partial charge in [0.1, 0.15) is 0 Å². The van der Waals surface area contributed by atoms with Crippen LogP contribution in [0.1, 0.15) is 5.56 Å². The molecule has 7 heteroatoms. The van der Waals surface area contributed by atoms with Crippen LogP contribution in [0.2, 0.25) is 10.0 Å². The second kappa shape index (κ2) is 8.23. The van der Waals surface area contributed by atoms with Gasteiger partial charge in [-0.25, -0.2) is 4.98 Å². The van der Waals surface area contributed by atoms with Gasteiger partial charge in [0, 0.05) is 20.9 Å². The fraction of sp³-hybridized carbons (Fsp3) is 0.111. The van der Waals surface area contributed by atoms with Gasteiger partial charge < -0.3 is 5.32 Å². The normalized spacial score (nSPS) is 10.7. The highest BCUT2D eigenvalue weighted by Crippen LogP contribution is 2.32. The number of nitrogens with one attached hydrogen (secondary N) is 1. The van der Waals surface area contributed by atoms with Gasteiger partial charge in [0.05, 0.1) is 16.5 Å². The maximum absolute atomic E-state index is 12.1. The number of hydrogen-bond acceptors (Lipinski definition) is 4. The summed E-state index contributed by atoms with van der Waals surface area (Å²) in [5.74, 6) is 0.248. The van der Waals surface area contributed by atoms with Crippen LogP contribution in [0.4, 0.5) is 5.13 Å². The highest BCUT2D eigenvalue weighted by molar-refractivity contribution is 8.00. The lowest BCUT2D eigenvalue weighted by atomic mass is 10.2. The largest absolute Gasteiger partial charge is 0.301 e. The van der Waals surface area contributed by atoms with E-state index in [0.29, 0.717) is 26.6 Å². The van der Waals surface area contributed by atoms with E-state index in [0.717, 1.165) is 16.0 Å². The fourth-order valence-corrected chi connectivity index (χ4v) is 4.23. The maximum Gasteiger partial charge on any atom is 0.236 e. The molecule has 0 aliphatic heterocycles. The number of halogens is 2. The zero-order valence-corrected chi connectivity index (χ0v) is 16.4. The van der Waals surface area contributed by atoms with Crippen molar-refractivity contribution in [3.8, 4) is 11.3 Å². The molecule has 3 aromatic rings. The summed E-state index contributed by atoms with van der Waals surface area (Å²) in [4.78, 5) is 17.7. The second-order valence-corrected chi connectivity index (χ2v) is 7.98. The Kier molecular flexibility index (Phi) is 6.02. The molecule has 3 nitrogen and oxygen atoms in total. The second-order valence-electron chi connectivity index (χ2n) is 5.26. The molecular weight excluding hydrogens is 395 g/mol. The average molecular weight is 409 g/mol. The number of rotatable bonds is 5. The lowest BCUT2D eigenvalue weighted by molar-refractivity contribution is -0.113. The molecule has 0 radical (unpaired) electrons. The number of thioether (sulfide) groups is 1. The number of amides is 1. The first-order valence-electron chi connectivity index (χ1n) is 7.42. The predicted molar refractivity (Wildman–Crippen MR) is 108 cm³/mol. The molecule has 0 unspecified atom stereocenters. The summed E-state index contributed by atoms with van der Waals surface area (Å²) in [5, 5.41) is 6.35. The van der Waals surface area contributed by atoms with E-state index in [1.807, 2.05) is 42.6 Å². The predicted octanol–water partition coefficient (Wildman–Crippen LogP) is 6.16. The number of aryl methyl sites for hydroxylation is 1. The van der Waals surface area contributed by atoms with Gasteiger partial charge >= 0.3 is 0 Å². The zero-order chi connectivity index (χ0) is 17.8. The van der Waals surface area contributed by atoms with Crippen molar-refractivity contribution in [2.24, 2.45) is 0 Å². The number of anilines is 1. The molecule has 1 N–H and O–H groups in total. The van der Waals surface area contributed by atoms with Crippen LogP contribution in [-0.4, -0.2) is 16.6 Å². The van der Waals surface area contributed by atoms with Gasteiger partial charge in [-0.1, -0.05) is 41.4 Å². The van der Waals surface area contributed by atoms with Crippen molar-refractivity contribution in [2.75, 3.05) is 11.1 Å². The standard InChI is InChI=1S/C18H14Cl2N2OS2/c1-11-4-2-3-5-16(11)24-10-17(23)22-18-21-15(9-25-18)13-7-6-12(19)8-14(13)20/h2-9H,10H2,1H3,(H,21,22,23). The molecule has 0 saturated heterocycles. The van der Waals surface area contributed by atoms with E-state index in [-0.39, 0.29) is 5.91 Å². The molecule has 3 rings (SSSR count). The van der Waals surface area contributed by atoms with E-state index in [4.69, 9.17) is 23.2 Å². The third kappa shape index (κ3) is 4.76. The van der Waals surface area contributed by atoms with Crippen molar-refractivity contribution in [1.82, 2.24) is 4.98 Å². The third-order valence-corrected chi connectivity index (χ3v) is 5.89. The van der Waals surface area contributed by atoms with Gasteiger partial charge in [-0.15, -0.1) is 23.1 Å². The van der Waals surface area contributed by atoms with Crippen LogP contribution >= 0.6 is 46.3 Å². The molecule has 0 aliphatic rings. The Morgan fingerprint density at radius 1 is 1.24 bits per heavy atom. The minimum Gasteiger partial charge on any atom is -0.301 e. The first kappa shape index (κ1) is 18.3. The Hall–Kier alpha value is -1.53. The number of nitrogens with zero attached hydrogens (tertiary/aromatic N) is 1. The Morgan fingerprint density at radius 3 is 2.80 bits per heavy atom. The fourth-order valence-electron chi connectivity index (χ4n) is 2.17. The minimum atomic E-state index is -0.0867. The Morgan fingerprint density at radius 2 is 2.04 bits per heavy atom. The van der Waals surface area contributed by atoms with Gasteiger partial charge in [-0.2, -0.15) is 0 Å². The van der Waals surface area contributed by atoms with Gasteiger partial charge in [-0.05, 0) is 36.8 Å². The molecular formula is C18H14Cl2N2OS2. The molecule has 1 heterocycles. The monoisotopic (exact) mass is 408 g/mol. The molecule has 0 fully saturated rings. The summed E-state index contributed by atoms with van der Waals surface area (Å²) in [6, 6.07) is 13.3. The van der Waals surface area contributed by atoms with E-state index in [1.165, 1.54) is 23.1 Å². The Balaban J connectivity index is 1.63. The van der Waals surface area contributed by atoms with Crippen LogP contribution in [0.15, 0.2) is 52.7 Å². The lowest BCUT2D eigenvalue weighted by Gasteiger charge is -2.05. The minimum absolute atomic E-state index is 0.0867. The van der Waals surface area contributed by atoms with Crippen molar-refractivity contribution >= 4 is 57.3 Å². The van der Waals surface area contributed by atoms with Crippen molar-refractivity contribution in [1.29, 1.82) is 0 Å². The van der Waals surface area contributed by atoms with Gasteiger partial charge in [-0.3, -0.25) is 4.79 Å². The highest BCUT2D eigenvalue weighted by atomic mass is 35.5. The van der Waals surface area contributed by atoms with Crippen LogP contribution < -0.4 is 5.32 Å². The third-order valence-electron chi connectivity index (χ3n) is 3.41. The maximum atomic E-state index is 12.1. The lowest BCUT2D eigenvalue weighted by Crippen LogP contribution is -2.13. The number of hydrogen-bond donors (Lipinski definition) is 1. The number of carbonyl (C=O) groups excluding carboxylic acids is 1. The molecule has 0 spiro atoms. The Labute approximate surface area is 164 Å².